The molecule has 0 aliphatic rings. The zero-order chi connectivity index (χ0) is 16.1. The van der Waals surface area contributed by atoms with Crippen LogP contribution in [0.25, 0.3) is 10.9 Å². The highest BCUT2D eigenvalue weighted by Gasteiger charge is 2.10. The standard InChI is InChI=1S/C20H23N3/c1-3-17-15(2)23-19-12-8-7-11-18(19)20(17)22-14-13-21-16-9-5-4-6-10-16/h4-12,21H,3,13-14H2,1-2H3,(H,22,23). The van der Waals surface area contributed by atoms with Gasteiger partial charge in [-0.2, -0.15) is 0 Å². The van der Waals surface area contributed by atoms with E-state index in [0.717, 1.165) is 36.4 Å². The first kappa shape index (κ1) is 15.3. The second-order valence-electron chi connectivity index (χ2n) is 5.64. The van der Waals surface area contributed by atoms with Crippen LogP contribution in [0.1, 0.15) is 18.2 Å². The van der Waals surface area contributed by atoms with Crippen molar-refractivity contribution in [2.75, 3.05) is 23.7 Å². The summed E-state index contributed by atoms with van der Waals surface area (Å²) in [5.74, 6) is 0. The Morgan fingerprint density at radius 2 is 1.57 bits per heavy atom. The summed E-state index contributed by atoms with van der Waals surface area (Å²) in [5.41, 5.74) is 5.86. The Labute approximate surface area is 137 Å². The molecule has 0 amide bonds. The second kappa shape index (κ2) is 7.14. The average molecular weight is 305 g/mol. The number of hydrogen-bond donors (Lipinski definition) is 2. The summed E-state index contributed by atoms with van der Waals surface area (Å²) in [5, 5.41) is 8.26. The number of aromatic nitrogens is 1. The number of fused-ring (bicyclic) bond motifs is 1. The predicted molar refractivity (Wildman–Crippen MR) is 99.3 cm³/mol. The van der Waals surface area contributed by atoms with Crippen LogP contribution in [0.4, 0.5) is 11.4 Å². The minimum absolute atomic E-state index is 0.870. The maximum atomic E-state index is 4.73. The van der Waals surface area contributed by atoms with Crippen LogP contribution in [0.2, 0.25) is 0 Å². The number of pyridine rings is 1. The van der Waals surface area contributed by atoms with Gasteiger partial charge in [0.15, 0.2) is 0 Å². The van der Waals surface area contributed by atoms with Crippen molar-refractivity contribution < 1.29 is 0 Å². The monoisotopic (exact) mass is 305 g/mol. The molecule has 0 fully saturated rings. The van der Waals surface area contributed by atoms with Crippen LogP contribution >= 0.6 is 0 Å². The van der Waals surface area contributed by atoms with Crippen molar-refractivity contribution in [2.45, 2.75) is 20.3 Å². The molecule has 0 aliphatic heterocycles. The highest BCUT2D eigenvalue weighted by atomic mass is 15.0. The van der Waals surface area contributed by atoms with Crippen molar-refractivity contribution in [1.29, 1.82) is 0 Å². The van der Waals surface area contributed by atoms with Gasteiger partial charge < -0.3 is 10.6 Å². The highest BCUT2D eigenvalue weighted by molar-refractivity contribution is 5.93. The summed E-state index contributed by atoms with van der Waals surface area (Å²) < 4.78 is 0. The van der Waals surface area contributed by atoms with E-state index in [4.69, 9.17) is 4.98 Å². The Hall–Kier alpha value is -2.55. The van der Waals surface area contributed by atoms with E-state index in [2.05, 4.69) is 54.8 Å². The summed E-state index contributed by atoms with van der Waals surface area (Å²) in [6.07, 6.45) is 0.984. The summed E-state index contributed by atoms with van der Waals surface area (Å²) in [7, 11) is 0. The molecule has 0 bridgehead atoms. The maximum absolute atomic E-state index is 4.73. The van der Waals surface area contributed by atoms with Gasteiger partial charge in [-0.25, -0.2) is 0 Å². The molecule has 3 aromatic rings. The largest absolute Gasteiger partial charge is 0.383 e. The summed E-state index contributed by atoms with van der Waals surface area (Å²) >= 11 is 0. The lowest BCUT2D eigenvalue weighted by atomic mass is 10.0. The fourth-order valence-electron chi connectivity index (χ4n) is 2.96. The van der Waals surface area contributed by atoms with Crippen LogP contribution in [-0.2, 0) is 6.42 Å². The Bertz CT molecular complexity index is 781. The van der Waals surface area contributed by atoms with Crippen LogP contribution < -0.4 is 10.6 Å². The Balaban J connectivity index is 1.76. The van der Waals surface area contributed by atoms with Crippen LogP contribution in [0.5, 0.6) is 0 Å². The third-order valence-corrected chi connectivity index (χ3v) is 4.08. The predicted octanol–water partition coefficient (Wildman–Crippen LogP) is 4.63. The number of nitrogens with zero attached hydrogens (tertiary/aromatic N) is 1. The molecule has 1 heterocycles. The number of aryl methyl sites for hydroxylation is 1. The number of hydrogen-bond acceptors (Lipinski definition) is 3. The molecule has 1 aromatic heterocycles. The molecule has 3 nitrogen and oxygen atoms in total. The number of anilines is 2. The van der Waals surface area contributed by atoms with E-state index in [1.807, 2.05) is 24.3 Å². The van der Waals surface area contributed by atoms with E-state index in [9.17, 15) is 0 Å². The van der Waals surface area contributed by atoms with Gasteiger partial charge in [0.2, 0.25) is 0 Å². The molecular formula is C20H23N3. The molecule has 0 unspecified atom stereocenters. The number of benzene rings is 2. The van der Waals surface area contributed by atoms with Crippen molar-refractivity contribution in [2.24, 2.45) is 0 Å². The SMILES string of the molecule is CCc1c(C)nc2ccccc2c1NCCNc1ccccc1. The summed E-state index contributed by atoms with van der Waals surface area (Å²) in [6.45, 7) is 6.03. The molecule has 0 atom stereocenters. The van der Waals surface area contributed by atoms with E-state index < -0.39 is 0 Å². The fraction of sp³-hybridized carbons (Fsp3) is 0.250. The quantitative estimate of drug-likeness (QED) is 0.652. The Morgan fingerprint density at radius 3 is 2.35 bits per heavy atom. The average Bonchev–Trinajstić information content (AvgIpc) is 2.59. The molecule has 23 heavy (non-hydrogen) atoms. The first-order valence-electron chi connectivity index (χ1n) is 8.20. The highest BCUT2D eigenvalue weighted by Crippen LogP contribution is 2.28. The van der Waals surface area contributed by atoms with Crippen molar-refractivity contribution in [3.8, 4) is 0 Å². The zero-order valence-corrected chi connectivity index (χ0v) is 13.8. The van der Waals surface area contributed by atoms with Crippen LogP contribution in [0, 0.1) is 6.92 Å². The van der Waals surface area contributed by atoms with Crippen molar-refractivity contribution in [3.63, 3.8) is 0 Å². The molecule has 0 saturated carbocycles. The molecule has 3 heteroatoms. The van der Waals surface area contributed by atoms with E-state index in [1.54, 1.807) is 0 Å². The first-order valence-corrected chi connectivity index (χ1v) is 8.20. The van der Waals surface area contributed by atoms with Gasteiger partial charge in [0.1, 0.15) is 0 Å². The molecular weight excluding hydrogens is 282 g/mol. The molecule has 118 valence electrons. The molecule has 0 spiro atoms. The first-order chi connectivity index (χ1) is 11.3. The number of para-hydroxylation sites is 2. The maximum Gasteiger partial charge on any atom is 0.0726 e. The fourth-order valence-corrected chi connectivity index (χ4v) is 2.96. The number of rotatable bonds is 6. The molecule has 2 aromatic carbocycles. The third kappa shape index (κ3) is 3.45. The smallest absolute Gasteiger partial charge is 0.0726 e. The molecule has 0 saturated heterocycles. The van der Waals surface area contributed by atoms with E-state index >= 15 is 0 Å². The lowest BCUT2D eigenvalue weighted by Crippen LogP contribution is -2.15. The van der Waals surface area contributed by atoms with Gasteiger partial charge in [-0.3, -0.25) is 4.98 Å². The van der Waals surface area contributed by atoms with Gasteiger partial charge in [0, 0.05) is 35.5 Å². The molecule has 2 N–H and O–H groups in total. The minimum Gasteiger partial charge on any atom is -0.383 e. The van der Waals surface area contributed by atoms with Gasteiger partial charge in [-0.05, 0) is 37.1 Å². The molecule has 0 aliphatic carbocycles. The third-order valence-electron chi connectivity index (χ3n) is 4.08. The van der Waals surface area contributed by atoms with Crippen molar-refractivity contribution >= 4 is 22.3 Å². The summed E-state index contributed by atoms with van der Waals surface area (Å²) in [4.78, 5) is 4.73. The molecule has 0 radical (unpaired) electrons. The Morgan fingerprint density at radius 1 is 0.870 bits per heavy atom. The van der Waals surface area contributed by atoms with Gasteiger partial charge in [-0.1, -0.05) is 43.3 Å². The normalized spacial score (nSPS) is 10.7. The van der Waals surface area contributed by atoms with E-state index in [-0.39, 0.29) is 0 Å². The number of nitrogens with one attached hydrogen (secondary N) is 2. The van der Waals surface area contributed by atoms with Gasteiger partial charge in [0.25, 0.3) is 0 Å². The van der Waals surface area contributed by atoms with Gasteiger partial charge >= 0.3 is 0 Å². The van der Waals surface area contributed by atoms with Crippen molar-refractivity contribution in [3.05, 3.63) is 65.9 Å². The Kier molecular flexibility index (Phi) is 4.77. The minimum atomic E-state index is 0.870. The van der Waals surface area contributed by atoms with Crippen LogP contribution in [0.3, 0.4) is 0 Å². The lowest BCUT2D eigenvalue weighted by molar-refractivity contribution is 1.03. The van der Waals surface area contributed by atoms with E-state index in [1.165, 1.54) is 16.6 Å². The topological polar surface area (TPSA) is 37.0 Å². The van der Waals surface area contributed by atoms with Gasteiger partial charge in [-0.15, -0.1) is 0 Å². The van der Waals surface area contributed by atoms with E-state index in [0.29, 0.717) is 0 Å². The lowest BCUT2D eigenvalue weighted by Gasteiger charge is -2.16. The second-order valence-corrected chi connectivity index (χ2v) is 5.64. The zero-order valence-electron chi connectivity index (χ0n) is 13.8. The van der Waals surface area contributed by atoms with Crippen molar-refractivity contribution in [1.82, 2.24) is 4.98 Å². The molecule has 3 rings (SSSR count). The summed E-state index contributed by atoms with van der Waals surface area (Å²) in [6, 6.07) is 18.6. The van der Waals surface area contributed by atoms with Gasteiger partial charge in [0.05, 0.1) is 5.52 Å². The van der Waals surface area contributed by atoms with Crippen LogP contribution in [0.15, 0.2) is 54.6 Å². The van der Waals surface area contributed by atoms with Crippen LogP contribution in [-0.4, -0.2) is 18.1 Å².